The zero-order valence-corrected chi connectivity index (χ0v) is 11.6. The first kappa shape index (κ1) is 13.7. The molecule has 2 aliphatic rings. The summed E-state index contributed by atoms with van der Waals surface area (Å²) in [6.07, 6.45) is 0.479. The minimum absolute atomic E-state index is 0.0206. The van der Waals surface area contributed by atoms with Gasteiger partial charge in [0.1, 0.15) is 5.75 Å². The van der Waals surface area contributed by atoms with Gasteiger partial charge in [-0.05, 0) is 30.7 Å². The first-order valence-corrected chi connectivity index (χ1v) is 7.12. The molecule has 0 aromatic heterocycles. The maximum atomic E-state index is 12.2. The summed E-state index contributed by atoms with van der Waals surface area (Å²) in [5.74, 6) is -1.44. The summed E-state index contributed by atoms with van der Waals surface area (Å²) in [6, 6.07) is 7.01. The van der Waals surface area contributed by atoms with E-state index in [1.807, 2.05) is 12.1 Å². The number of benzene rings is 1. The van der Waals surface area contributed by atoms with Gasteiger partial charge < -0.3 is 20.0 Å². The van der Waals surface area contributed by atoms with Crippen LogP contribution < -0.4 is 4.90 Å². The number of anilines is 1. The Labute approximate surface area is 122 Å². The maximum absolute atomic E-state index is 12.2. The number of phenols is 1. The molecular weight excluding hydrogens is 272 g/mol. The molecule has 0 bridgehead atoms. The van der Waals surface area contributed by atoms with Crippen LogP contribution in [-0.2, 0) is 9.59 Å². The number of amides is 1. The molecule has 1 aliphatic heterocycles. The van der Waals surface area contributed by atoms with E-state index >= 15 is 0 Å². The molecule has 2 atom stereocenters. The van der Waals surface area contributed by atoms with Crippen molar-refractivity contribution in [1.82, 2.24) is 4.90 Å². The molecule has 21 heavy (non-hydrogen) atoms. The minimum Gasteiger partial charge on any atom is -0.508 e. The van der Waals surface area contributed by atoms with Gasteiger partial charge in [-0.25, -0.2) is 0 Å². The van der Waals surface area contributed by atoms with Crippen LogP contribution in [0.1, 0.15) is 6.42 Å². The molecule has 1 aromatic rings. The quantitative estimate of drug-likeness (QED) is 0.859. The molecule has 1 aliphatic carbocycles. The van der Waals surface area contributed by atoms with Gasteiger partial charge in [0.15, 0.2) is 0 Å². The molecule has 1 heterocycles. The average Bonchev–Trinajstić information content (AvgIpc) is 3.28. The Hall–Kier alpha value is -2.24. The molecule has 6 heteroatoms. The van der Waals surface area contributed by atoms with Crippen LogP contribution in [-0.4, -0.2) is 53.2 Å². The fraction of sp³-hybridized carbons (Fsp3) is 0.467. The van der Waals surface area contributed by atoms with Gasteiger partial charge in [0, 0.05) is 31.9 Å². The number of phenolic OH excluding ortho intramolecular Hbond substituents is 1. The van der Waals surface area contributed by atoms with Crippen LogP contribution in [0.3, 0.4) is 0 Å². The molecular formula is C15H18N2O4. The number of hydrogen-bond acceptors (Lipinski definition) is 4. The molecule has 112 valence electrons. The van der Waals surface area contributed by atoms with Crippen molar-refractivity contribution in [1.29, 1.82) is 0 Å². The van der Waals surface area contributed by atoms with Crippen LogP contribution in [0, 0.1) is 11.8 Å². The van der Waals surface area contributed by atoms with Crippen LogP contribution in [0.4, 0.5) is 5.69 Å². The van der Waals surface area contributed by atoms with E-state index in [0.717, 1.165) is 18.8 Å². The van der Waals surface area contributed by atoms with E-state index in [9.17, 15) is 14.7 Å². The van der Waals surface area contributed by atoms with Gasteiger partial charge in [0.05, 0.1) is 11.8 Å². The Kier molecular flexibility index (Phi) is 3.45. The van der Waals surface area contributed by atoms with Crippen molar-refractivity contribution in [3.05, 3.63) is 24.3 Å². The first-order valence-electron chi connectivity index (χ1n) is 7.12. The Morgan fingerprint density at radius 1 is 1.00 bits per heavy atom. The van der Waals surface area contributed by atoms with Crippen molar-refractivity contribution in [3.8, 4) is 5.75 Å². The van der Waals surface area contributed by atoms with Gasteiger partial charge in [-0.2, -0.15) is 0 Å². The Balaban J connectivity index is 1.54. The molecule has 1 amide bonds. The third-order valence-corrected chi connectivity index (χ3v) is 4.23. The lowest BCUT2D eigenvalue weighted by atomic mass is 10.2. The highest BCUT2D eigenvalue weighted by Crippen LogP contribution is 2.40. The van der Waals surface area contributed by atoms with Gasteiger partial charge in [-0.15, -0.1) is 0 Å². The molecule has 6 nitrogen and oxygen atoms in total. The van der Waals surface area contributed by atoms with Gasteiger partial charge in [-0.3, -0.25) is 9.59 Å². The molecule has 0 radical (unpaired) electrons. The summed E-state index contributed by atoms with van der Waals surface area (Å²) in [7, 11) is 0. The predicted molar refractivity (Wildman–Crippen MR) is 76.1 cm³/mol. The smallest absolute Gasteiger partial charge is 0.307 e. The fourth-order valence-electron chi connectivity index (χ4n) is 2.82. The zero-order chi connectivity index (χ0) is 15.0. The number of carboxylic acids is 1. The van der Waals surface area contributed by atoms with Crippen molar-refractivity contribution in [2.24, 2.45) is 11.8 Å². The highest BCUT2D eigenvalue weighted by molar-refractivity contribution is 5.89. The van der Waals surface area contributed by atoms with E-state index in [4.69, 9.17) is 5.11 Å². The maximum Gasteiger partial charge on any atom is 0.307 e. The van der Waals surface area contributed by atoms with Crippen LogP contribution in [0.5, 0.6) is 5.75 Å². The summed E-state index contributed by atoms with van der Waals surface area (Å²) < 4.78 is 0. The molecule has 1 aromatic carbocycles. The summed E-state index contributed by atoms with van der Waals surface area (Å²) in [5.41, 5.74) is 1.02. The number of carboxylic acid groups (broad SMARTS) is 1. The second-order valence-corrected chi connectivity index (χ2v) is 5.62. The molecule has 2 N–H and O–H groups in total. The number of hydrogen-bond donors (Lipinski definition) is 2. The highest BCUT2D eigenvalue weighted by atomic mass is 16.4. The Bertz CT molecular complexity index is 549. The zero-order valence-electron chi connectivity index (χ0n) is 11.6. The molecule has 2 fully saturated rings. The topological polar surface area (TPSA) is 81.1 Å². The average molecular weight is 290 g/mol. The lowest BCUT2D eigenvalue weighted by Gasteiger charge is -2.36. The van der Waals surface area contributed by atoms with Crippen molar-refractivity contribution >= 4 is 17.6 Å². The van der Waals surface area contributed by atoms with E-state index in [2.05, 4.69) is 4.90 Å². The minimum atomic E-state index is -0.865. The summed E-state index contributed by atoms with van der Waals surface area (Å²) >= 11 is 0. The van der Waals surface area contributed by atoms with Crippen molar-refractivity contribution in [2.45, 2.75) is 6.42 Å². The lowest BCUT2D eigenvalue weighted by Crippen LogP contribution is -2.49. The first-order chi connectivity index (χ1) is 10.1. The largest absolute Gasteiger partial charge is 0.508 e. The number of carbonyl (C=O) groups is 2. The number of carbonyl (C=O) groups excluding carboxylic acids is 1. The Morgan fingerprint density at radius 2 is 1.62 bits per heavy atom. The standard InChI is InChI=1S/C15H18N2O4/c18-11-3-1-10(2-4-11)16-5-7-17(8-6-16)14(19)12-9-13(12)15(20)21/h1-4,12-13,18H,5-9H2,(H,20,21). The molecule has 1 saturated heterocycles. The van der Waals surface area contributed by atoms with Gasteiger partial charge >= 0.3 is 5.97 Å². The van der Waals surface area contributed by atoms with Crippen molar-refractivity contribution < 1.29 is 19.8 Å². The monoisotopic (exact) mass is 290 g/mol. The van der Waals surface area contributed by atoms with E-state index < -0.39 is 11.9 Å². The van der Waals surface area contributed by atoms with Gasteiger partial charge in [-0.1, -0.05) is 0 Å². The summed E-state index contributed by atoms with van der Waals surface area (Å²) in [6.45, 7) is 2.67. The number of aliphatic carboxylic acids is 1. The SMILES string of the molecule is O=C(O)C1CC1C(=O)N1CCN(c2ccc(O)cc2)CC1. The molecule has 3 rings (SSSR count). The van der Waals surface area contributed by atoms with E-state index in [0.29, 0.717) is 19.5 Å². The fourth-order valence-corrected chi connectivity index (χ4v) is 2.82. The van der Waals surface area contributed by atoms with Crippen LogP contribution >= 0.6 is 0 Å². The number of nitrogens with zero attached hydrogens (tertiary/aromatic N) is 2. The van der Waals surface area contributed by atoms with Crippen LogP contribution in [0.25, 0.3) is 0 Å². The van der Waals surface area contributed by atoms with Crippen LogP contribution in [0.2, 0.25) is 0 Å². The Morgan fingerprint density at radius 3 is 2.14 bits per heavy atom. The lowest BCUT2D eigenvalue weighted by molar-refractivity contribution is -0.142. The summed E-state index contributed by atoms with van der Waals surface area (Å²) in [5, 5.41) is 18.2. The van der Waals surface area contributed by atoms with Crippen molar-refractivity contribution in [3.63, 3.8) is 0 Å². The van der Waals surface area contributed by atoms with Gasteiger partial charge in [0.25, 0.3) is 0 Å². The second-order valence-electron chi connectivity index (χ2n) is 5.62. The third-order valence-electron chi connectivity index (χ3n) is 4.23. The van der Waals surface area contributed by atoms with Gasteiger partial charge in [0.2, 0.25) is 5.91 Å². The van der Waals surface area contributed by atoms with E-state index in [1.54, 1.807) is 17.0 Å². The van der Waals surface area contributed by atoms with Crippen molar-refractivity contribution in [2.75, 3.05) is 31.1 Å². The van der Waals surface area contributed by atoms with E-state index in [-0.39, 0.29) is 17.6 Å². The molecule has 0 spiro atoms. The number of rotatable bonds is 3. The highest BCUT2D eigenvalue weighted by Gasteiger charge is 2.49. The van der Waals surface area contributed by atoms with Crippen LogP contribution in [0.15, 0.2) is 24.3 Å². The molecule has 2 unspecified atom stereocenters. The second kappa shape index (κ2) is 5.27. The molecule has 1 saturated carbocycles. The predicted octanol–water partition coefficient (Wildman–Crippen LogP) is 0.762. The third kappa shape index (κ3) is 2.79. The number of aromatic hydroxyl groups is 1. The van der Waals surface area contributed by atoms with E-state index in [1.165, 1.54) is 0 Å². The summed E-state index contributed by atoms with van der Waals surface area (Å²) in [4.78, 5) is 26.9. The normalized spacial score (nSPS) is 24.8. The number of piperazine rings is 1.